The van der Waals surface area contributed by atoms with E-state index in [-0.39, 0.29) is 5.78 Å². The van der Waals surface area contributed by atoms with Crippen LogP contribution in [0.25, 0.3) is 6.08 Å². The fourth-order valence-electron chi connectivity index (χ4n) is 2.53. The molecule has 0 heterocycles. The molecule has 0 aromatic heterocycles. The highest BCUT2D eigenvalue weighted by molar-refractivity contribution is 6.30. The Hall–Kier alpha value is -1.83. The van der Waals surface area contributed by atoms with Crippen LogP contribution < -0.4 is 0 Å². The zero-order valence-electron chi connectivity index (χ0n) is 11.9. The Morgan fingerprint density at radius 3 is 2.14 bits per heavy atom. The lowest BCUT2D eigenvalue weighted by molar-refractivity contribution is -0.113. The molecule has 0 spiro atoms. The van der Waals surface area contributed by atoms with E-state index >= 15 is 0 Å². The molecule has 1 nitrogen and oxygen atoms in total. The SMILES string of the molecule is O=C1C=C(Cc2ccc(Cl)cc2)/C(=C\c2ccc(Cl)cc2)C1. The van der Waals surface area contributed by atoms with Crippen molar-refractivity contribution in [3.05, 3.63) is 86.9 Å². The van der Waals surface area contributed by atoms with Gasteiger partial charge in [0.1, 0.15) is 0 Å². The van der Waals surface area contributed by atoms with Crippen molar-refractivity contribution in [1.82, 2.24) is 0 Å². The zero-order valence-corrected chi connectivity index (χ0v) is 13.4. The van der Waals surface area contributed by atoms with Gasteiger partial charge in [-0.1, -0.05) is 53.5 Å². The largest absolute Gasteiger partial charge is 0.294 e. The highest BCUT2D eigenvalue weighted by atomic mass is 35.5. The van der Waals surface area contributed by atoms with Crippen molar-refractivity contribution in [3.63, 3.8) is 0 Å². The number of hydrogen-bond acceptors (Lipinski definition) is 1. The maximum atomic E-state index is 11.8. The summed E-state index contributed by atoms with van der Waals surface area (Å²) < 4.78 is 0. The fraction of sp³-hybridized carbons (Fsp3) is 0.105. The molecule has 3 heteroatoms. The predicted octanol–water partition coefficient (Wildman–Crippen LogP) is 5.52. The summed E-state index contributed by atoms with van der Waals surface area (Å²) >= 11 is 11.8. The van der Waals surface area contributed by atoms with E-state index in [1.54, 1.807) is 6.08 Å². The highest BCUT2D eigenvalue weighted by Crippen LogP contribution is 2.28. The molecule has 110 valence electrons. The zero-order chi connectivity index (χ0) is 15.5. The Labute approximate surface area is 139 Å². The average molecular weight is 329 g/mol. The molecular formula is C19H14Cl2O. The first-order valence-electron chi connectivity index (χ1n) is 7.04. The molecular weight excluding hydrogens is 315 g/mol. The van der Waals surface area contributed by atoms with Gasteiger partial charge in [-0.3, -0.25) is 4.79 Å². The third-order valence-electron chi connectivity index (χ3n) is 3.63. The van der Waals surface area contributed by atoms with Gasteiger partial charge in [0.15, 0.2) is 5.78 Å². The van der Waals surface area contributed by atoms with Crippen molar-refractivity contribution < 1.29 is 4.79 Å². The van der Waals surface area contributed by atoms with Gasteiger partial charge >= 0.3 is 0 Å². The van der Waals surface area contributed by atoms with Gasteiger partial charge in [-0.2, -0.15) is 0 Å². The van der Waals surface area contributed by atoms with Gasteiger partial charge in [-0.05, 0) is 59.0 Å². The van der Waals surface area contributed by atoms with E-state index < -0.39 is 0 Å². The van der Waals surface area contributed by atoms with Gasteiger partial charge in [0.25, 0.3) is 0 Å². The molecule has 0 amide bonds. The topological polar surface area (TPSA) is 17.1 Å². The van der Waals surface area contributed by atoms with Crippen LogP contribution in [0.5, 0.6) is 0 Å². The molecule has 0 fully saturated rings. The molecule has 3 rings (SSSR count). The molecule has 2 aromatic carbocycles. The van der Waals surface area contributed by atoms with Crippen LogP contribution in [0.15, 0.2) is 65.8 Å². The number of rotatable bonds is 3. The first-order chi connectivity index (χ1) is 10.6. The van der Waals surface area contributed by atoms with E-state index in [0.29, 0.717) is 11.4 Å². The molecule has 0 unspecified atom stereocenters. The van der Waals surface area contributed by atoms with Gasteiger partial charge in [-0.15, -0.1) is 0 Å². The second-order valence-electron chi connectivity index (χ2n) is 5.34. The summed E-state index contributed by atoms with van der Waals surface area (Å²) in [5, 5.41) is 1.43. The van der Waals surface area contributed by atoms with Crippen LogP contribution in [0, 0.1) is 0 Å². The van der Waals surface area contributed by atoms with Gasteiger partial charge < -0.3 is 0 Å². The minimum Gasteiger partial charge on any atom is -0.294 e. The van der Waals surface area contributed by atoms with Crippen LogP contribution in [0.2, 0.25) is 10.0 Å². The number of carbonyl (C=O) groups excluding carboxylic acids is 1. The molecule has 0 bridgehead atoms. The second kappa shape index (κ2) is 6.51. The summed E-state index contributed by atoms with van der Waals surface area (Å²) in [4.78, 5) is 11.8. The summed E-state index contributed by atoms with van der Waals surface area (Å²) in [6.45, 7) is 0. The molecule has 22 heavy (non-hydrogen) atoms. The summed E-state index contributed by atoms with van der Waals surface area (Å²) in [7, 11) is 0. The average Bonchev–Trinajstić information content (AvgIpc) is 2.83. The third-order valence-corrected chi connectivity index (χ3v) is 4.14. The van der Waals surface area contributed by atoms with Crippen LogP contribution >= 0.6 is 23.2 Å². The van der Waals surface area contributed by atoms with Gasteiger partial charge in [-0.25, -0.2) is 0 Å². The Morgan fingerprint density at radius 2 is 1.50 bits per heavy atom. The molecule has 0 atom stereocenters. The third kappa shape index (κ3) is 3.68. The highest BCUT2D eigenvalue weighted by Gasteiger charge is 2.18. The minimum atomic E-state index is 0.157. The quantitative estimate of drug-likeness (QED) is 0.725. The lowest BCUT2D eigenvalue weighted by Gasteiger charge is -2.06. The Kier molecular flexibility index (Phi) is 4.47. The molecule has 0 aliphatic heterocycles. The van der Waals surface area contributed by atoms with Crippen molar-refractivity contribution in [2.24, 2.45) is 0 Å². The molecule has 0 radical (unpaired) electrons. The Bertz CT molecular complexity index is 753. The Morgan fingerprint density at radius 1 is 0.909 bits per heavy atom. The van der Waals surface area contributed by atoms with Crippen LogP contribution in [-0.4, -0.2) is 5.78 Å². The predicted molar refractivity (Wildman–Crippen MR) is 92.3 cm³/mol. The van der Waals surface area contributed by atoms with Gasteiger partial charge in [0.2, 0.25) is 0 Å². The molecule has 0 saturated heterocycles. The van der Waals surface area contributed by atoms with Crippen molar-refractivity contribution in [2.75, 3.05) is 0 Å². The summed E-state index contributed by atoms with van der Waals surface area (Å²) in [6, 6.07) is 15.3. The van der Waals surface area contributed by atoms with Crippen LogP contribution in [-0.2, 0) is 11.2 Å². The van der Waals surface area contributed by atoms with E-state index in [4.69, 9.17) is 23.2 Å². The number of hydrogen-bond donors (Lipinski definition) is 0. The van der Waals surface area contributed by atoms with Crippen LogP contribution in [0.3, 0.4) is 0 Å². The molecule has 0 N–H and O–H groups in total. The smallest absolute Gasteiger partial charge is 0.160 e. The molecule has 1 aliphatic rings. The maximum absolute atomic E-state index is 11.8. The molecule has 0 saturated carbocycles. The van der Waals surface area contributed by atoms with Crippen molar-refractivity contribution in [3.8, 4) is 0 Å². The van der Waals surface area contributed by atoms with Crippen molar-refractivity contribution >= 4 is 35.1 Å². The van der Waals surface area contributed by atoms with Crippen LogP contribution in [0.1, 0.15) is 17.5 Å². The minimum absolute atomic E-state index is 0.157. The molecule has 2 aromatic rings. The van der Waals surface area contributed by atoms with Crippen LogP contribution in [0.4, 0.5) is 0 Å². The standard InChI is InChI=1S/C19H14Cl2O/c20-17-5-1-13(2-6-17)9-15-11-19(22)12-16(15)10-14-3-7-18(21)8-4-14/h1-9,12H,10-11H2/b15-9-. The first-order valence-corrected chi connectivity index (χ1v) is 7.80. The number of halogens is 2. The monoisotopic (exact) mass is 328 g/mol. The van der Waals surface area contributed by atoms with E-state index in [1.165, 1.54) is 0 Å². The lowest BCUT2D eigenvalue weighted by atomic mass is 9.99. The van der Waals surface area contributed by atoms with E-state index in [0.717, 1.165) is 33.7 Å². The van der Waals surface area contributed by atoms with Crippen molar-refractivity contribution in [1.29, 1.82) is 0 Å². The van der Waals surface area contributed by atoms with Crippen molar-refractivity contribution in [2.45, 2.75) is 12.8 Å². The number of ketones is 1. The van der Waals surface area contributed by atoms with Gasteiger partial charge in [0.05, 0.1) is 0 Å². The van der Waals surface area contributed by atoms with E-state index in [2.05, 4.69) is 6.08 Å². The summed E-state index contributed by atoms with van der Waals surface area (Å²) in [5.74, 6) is 0.157. The fourth-order valence-corrected chi connectivity index (χ4v) is 2.78. The van der Waals surface area contributed by atoms with Gasteiger partial charge in [0, 0.05) is 16.5 Å². The number of allylic oxidation sites excluding steroid dienone is 3. The first kappa shape index (κ1) is 15.1. The molecule has 1 aliphatic carbocycles. The Balaban J connectivity index is 1.85. The maximum Gasteiger partial charge on any atom is 0.160 e. The summed E-state index contributed by atoms with van der Waals surface area (Å²) in [5.41, 5.74) is 4.34. The number of benzene rings is 2. The number of carbonyl (C=O) groups is 1. The van der Waals surface area contributed by atoms with E-state index in [9.17, 15) is 4.79 Å². The summed E-state index contributed by atoms with van der Waals surface area (Å²) in [6.07, 6.45) is 5.01. The normalized spacial score (nSPS) is 16.2. The lowest BCUT2D eigenvalue weighted by Crippen LogP contribution is -1.91. The second-order valence-corrected chi connectivity index (χ2v) is 6.21. The van der Waals surface area contributed by atoms with E-state index in [1.807, 2.05) is 48.5 Å².